The Morgan fingerprint density at radius 3 is 2.33 bits per heavy atom. The first-order valence-corrected chi connectivity index (χ1v) is 11.8. The number of rotatable bonds is 13. The Labute approximate surface area is 188 Å². The van der Waals surface area contributed by atoms with Gasteiger partial charge in [0, 0.05) is 55.4 Å². The second-order valence-corrected chi connectivity index (χ2v) is 8.65. The zero-order valence-corrected chi connectivity index (χ0v) is 19.2. The second-order valence-electron chi connectivity index (χ2n) is 7.74. The summed E-state index contributed by atoms with van der Waals surface area (Å²) in [4.78, 5) is 20.3. The van der Waals surface area contributed by atoms with Crippen LogP contribution in [-0.4, -0.2) is 48.8 Å². The van der Waals surface area contributed by atoms with Crippen molar-refractivity contribution in [3.05, 3.63) is 58.8 Å². The van der Waals surface area contributed by atoms with Crippen LogP contribution in [0.5, 0.6) is 0 Å². The van der Waals surface area contributed by atoms with Crippen molar-refractivity contribution in [2.24, 2.45) is 0 Å². The maximum atomic E-state index is 12.5. The first kappa shape index (κ1) is 22.8. The largest absolute Gasteiger partial charge is 0.381 e. The van der Waals surface area contributed by atoms with Crippen LogP contribution in [0.4, 0.5) is 10.5 Å². The van der Waals surface area contributed by atoms with E-state index in [9.17, 15) is 4.79 Å². The SMILES string of the molecule is O=C1N(CCCCCCOCCCCc2ccc(Br)cc2)CCN1c1ccncc1. The average Bonchev–Trinajstić information content (AvgIpc) is 3.14. The lowest BCUT2D eigenvalue weighted by molar-refractivity contribution is 0.126. The van der Waals surface area contributed by atoms with Crippen molar-refractivity contribution in [1.29, 1.82) is 0 Å². The molecule has 1 aliphatic heterocycles. The first-order chi connectivity index (χ1) is 14.7. The molecule has 2 aromatic rings. The van der Waals surface area contributed by atoms with E-state index < -0.39 is 0 Å². The van der Waals surface area contributed by atoms with E-state index >= 15 is 0 Å². The molecule has 1 aliphatic rings. The van der Waals surface area contributed by atoms with Gasteiger partial charge in [-0.05, 0) is 61.9 Å². The molecule has 3 rings (SSSR count). The van der Waals surface area contributed by atoms with E-state index in [-0.39, 0.29) is 6.03 Å². The van der Waals surface area contributed by atoms with Gasteiger partial charge >= 0.3 is 6.03 Å². The third-order valence-electron chi connectivity index (χ3n) is 5.45. The molecule has 1 fully saturated rings. The van der Waals surface area contributed by atoms with Crippen molar-refractivity contribution < 1.29 is 9.53 Å². The predicted octanol–water partition coefficient (Wildman–Crippen LogP) is 5.69. The van der Waals surface area contributed by atoms with Crippen LogP contribution in [0.25, 0.3) is 0 Å². The number of urea groups is 1. The Hall–Kier alpha value is -1.92. The minimum Gasteiger partial charge on any atom is -0.381 e. The zero-order chi connectivity index (χ0) is 21.0. The normalized spacial score (nSPS) is 14.0. The fourth-order valence-corrected chi connectivity index (χ4v) is 3.96. The molecule has 5 nitrogen and oxygen atoms in total. The van der Waals surface area contributed by atoms with Gasteiger partial charge in [-0.25, -0.2) is 4.79 Å². The van der Waals surface area contributed by atoms with Crippen LogP contribution in [0.3, 0.4) is 0 Å². The summed E-state index contributed by atoms with van der Waals surface area (Å²) in [6.07, 6.45) is 11.3. The zero-order valence-electron chi connectivity index (χ0n) is 17.6. The Kier molecular flexibility index (Phi) is 9.64. The monoisotopic (exact) mass is 473 g/mol. The molecular formula is C24H32BrN3O2. The molecule has 0 N–H and O–H groups in total. The number of unbranched alkanes of at least 4 members (excludes halogenated alkanes) is 4. The molecule has 162 valence electrons. The van der Waals surface area contributed by atoms with E-state index in [4.69, 9.17) is 4.74 Å². The summed E-state index contributed by atoms with van der Waals surface area (Å²) in [5.41, 5.74) is 2.32. The molecule has 2 amide bonds. The van der Waals surface area contributed by atoms with Crippen molar-refractivity contribution in [1.82, 2.24) is 9.88 Å². The van der Waals surface area contributed by atoms with Crippen molar-refractivity contribution in [2.45, 2.75) is 44.9 Å². The lowest BCUT2D eigenvalue weighted by atomic mass is 10.1. The van der Waals surface area contributed by atoms with E-state index in [1.807, 2.05) is 21.9 Å². The van der Waals surface area contributed by atoms with Crippen LogP contribution in [0, 0.1) is 0 Å². The van der Waals surface area contributed by atoms with Crippen LogP contribution in [-0.2, 0) is 11.2 Å². The van der Waals surface area contributed by atoms with Gasteiger partial charge in [0.1, 0.15) is 0 Å². The number of nitrogens with zero attached hydrogens (tertiary/aromatic N) is 3. The van der Waals surface area contributed by atoms with Gasteiger partial charge in [-0.15, -0.1) is 0 Å². The van der Waals surface area contributed by atoms with Gasteiger partial charge in [0.05, 0.1) is 0 Å². The molecule has 1 aromatic carbocycles. The number of halogens is 1. The number of ether oxygens (including phenoxy) is 1. The van der Waals surface area contributed by atoms with E-state index in [1.165, 1.54) is 12.0 Å². The number of pyridine rings is 1. The maximum Gasteiger partial charge on any atom is 0.324 e. The van der Waals surface area contributed by atoms with Crippen molar-refractivity contribution in [3.63, 3.8) is 0 Å². The number of carbonyl (C=O) groups excluding carboxylic acids is 1. The molecule has 0 radical (unpaired) electrons. The second kappa shape index (κ2) is 12.7. The number of carbonyl (C=O) groups is 1. The highest BCUT2D eigenvalue weighted by atomic mass is 79.9. The number of amides is 2. The first-order valence-electron chi connectivity index (χ1n) is 11.0. The smallest absolute Gasteiger partial charge is 0.324 e. The molecule has 1 saturated heterocycles. The van der Waals surface area contributed by atoms with Crippen LogP contribution >= 0.6 is 15.9 Å². The molecule has 0 atom stereocenters. The molecule has 0 saturated carbocycles. The molecule has 2 heterocycles. The fourth-order valence-electron chi connectivity index (χ4n) is 3.70. The topological polar surface area (TPSA) is 45.7 Å². The highest BCUT2D eigenvalue weighted by molar-refractivity contribution is 9.10. The summed E-state index contributed by atoms with van der Waals surface area (Å²) in [6.45, 7) is 4.11. The summed E-state index contributed by atoms with van der Waals surface area (Å²) in [7, 11) is 0. The Morgan fingerprint density at radius 2 is 1.57 bits per heavy atom. The lowest BCUT2D eigenvalue weighted by Crippen LogP contribution is -2.32. The molecule has 0 aliphatic carbocycles. The van der Waals surface area contributed by atoms with E-state index in [0.29, 0.717) is 0 Å². The van der Waals surface area contributed by atoms with Gasteiger partial charge in [0.25, 0.3) is 0 Å². The van der Waals surface area contributed by atoms with Gasteiger partial charge in [0.2, 0.25) is 0 Å². The molecule has 6 heteroatoms. The lowest BCUT2D eigenvalue weighted by Gasteiger charge is -2.18. The average molecular weight is 474 g/mol. The van der Waals surface area contributed by atoms with E-state index in [0.717, 1.165) is 81.5 Å². The third kappa shape index (κ3) is 7.40. The molecule has 1 aromatic heterocycles. The summed E-state index contributed by atoms with van der Waals surface area (Å²) in [5, 5.41) is 0. The number of anilines is 1. The van der Waals surface area contributed by atoms with Crippen molar-refractivity contribution in [2.75, 3.05) is 37.7 Å². The number of benzene rings is 1. The van der Waals surface area contributed by atoms with Gasteiger partial charge in [-0.1, -0.05) is 40.9 Å². The van der Waals surface area contributed by atoms with E-state index in [2.05, 4.69) is 45.2 Å². The highest BCUT2D eigenvalue weighted by Crippen LogP contribution is 2.19. The minimum absolute atomic E-state index is 0.118. The van der Waals surface area contributed by atoms with Gasteiger partial charge < -0.3 is 9.64 Å². The number of hydrogen-bond donors (Lipinski definition) is 0. The minimum atomic E-state index is 0.118. The molecule has 0 bridgehead atoms. The number of aryl methyl sites for hydroxylation is 1. The number of aromatic nitrogens is 1. The Bertz CT molecular complexity index is 755. The van der Waals surface area contributed by atoms with Gasteiger partial charge in [-0.2, -0.15) is 0 Å². The quantitative estimate of drug-likeness (QED) is 0.351. The van der Waals surface area contributed by atoms with Crippen LogP contribution in [0.2, 0.25) is 0 Å². The van der Waals surface area contributed by atoms with Crippen LogP contribution < -0.4 is 4.90 Å². The van der Waals surface area contributed by atoms with Crippen molar-refractivity contribution >= 4 is 27.6 Å². The fraction of sp³-hybridized carbons (Fsp3) is 0.500. The molecule has 30 heavy (non-hydrogen) atoms. The number of hydrogen-bond acceptors (Lipinski definition) is 3. The molecular weight excluding hydrogens is 442 g/mol. The van der Waals surface area contributed by atoms with Gasteiger partial charge in [-0.3, -0.25) is 9.88 Å². The van der Waals surface area contributed by atoms with Crippen LogP contribution in [0.1, 0.15) is 44.1 Å². The highest BCUT2D eigenvalue weighted by Gasteiger charge is 2.28. The standard InChI is InChI=1S/C24H32BrN3O2/c25-22-10-8-21(9-11-22)7-3-6-20-30-19-5-2-1-4-16-27-17-18-28(24(27)29)23-12-14-26-15-13-23/h8-15H,1-7,16-20H2. The maximum absolute atomic E-state index is 12.5. The summed E-state index contributed by atoms with van der Waals surface area (Å²) in [6, 6.07) is 12.5. The Balaban J connectivity index is 1.15. The Morgan fingerprint density at radius 1 is 0.867 bits per heavy atom. The third-order valence-corrected chi connectivity index (χ3v) is 5.98. The van der Waals surface area contributed by atoms with Crippen molar-refractivity contribution in [3.8, 4) is 0 Å². The van der Waals surface area contributed by atoms with Crippen LogP contribution in [0.15, 0.2) is 53.3 Å². The predicted molar refractivity (Wildman–Crippen MR) is 125 cm³/mol. The van der Waals surface area contributed by atoms with Gasteiger partial charge in [0.15, 0.2) is 0 Å². The summed E-state index contributed by atoms with van der Waals surface area (Å²) >= 11 is 3.47. The molecule has 0 unspecified atom stereocenters. The summed E-state index contributed by atoms with van der Waals surface area (Å²) in [5.74, 6) is 0. The van der Waals surface area contributed by atoms with E-state index in [1.54, 1.807) is 12.4 Å². The summed E-state index contributed by atoms with van der Waals surface area (Å²) < 4.78 is 6.90. The molecule has 0 spiro atoms.